The summed E-state index contributed by atoms with van der Waals surface area (Å²) in [6, 6.07) is 11.1. The van der Waals surface area contributed by atoms with Gasteiger partial charge in [0.2, 0.25) is 12.0 Å². The summed E-state index contributed by atoms with van der Waals surface area (Å²) in [6.45, 7) is -0.708. The van der Waals surface area contributed by atoms with Crippen molar-refractivity contribution in [3.63, 3.8) is 0 Å². The minimum Gasteiger partial charge on any atom is -0.497 e. The molecule has 0 aliphatic carbocycles. The lowest BCUT2D eigenvalue weighted by Crippen LogP contribution is -2.58. The molecule has 3 aromatic rings. The lowest BCUT2D eigenvalue weighted by atomic mass is 9.86. The zero-order valence-electron chi connectivity index (χ0n) is 28.6. The molecule has 2 amide bonds. The van der Waals surface area contributed by atoms with Crippen LogP contribution in [-0.4, -0.2) is 102 Å². The number of hydrogen-bond acceptors (Lipinski definition) is 12. The number of amides is 2. The van der Waals surface area contributed by atoms with E-state index in [1.54, 1.807) is 18.2 Å². The van der Waals surface area contributed by atoms with Gasteiger partial charge in [-0.15, -0.1) is 0 Å². The molecule has 1 fully saturated rings. The lowest BCUT2D eigenvalue weighted by Gasteiger charge is -2.35. The zero-order chi connectivity index (χ0) is 37.1. The van der Waals surface area contributed by atoms with E-state index in [1.807, 2.05) is 0 Å². The summed E-state index contributed by atoms with van der Waals surface area (Å²) >= 11 is 0. The number of ether oxygens (including phenoxy) is 8. The van der Waals surface area contributed by atoms with Gasteiger partial charge in [0.25, 0.3) is 5.91 Å². The number of likely N-dealkylation sites (tertiary alicyclic amines) is 1. The molecular weight excluding hydrogens is 675 g/mol. The third-order valence-corrected chi connectivity index (χ3v) is 7.97. The maximum Gasteiger partial charge on any atom is 0.410 e. The molecule has 0 radical (unpaired) electrons. The van der Waals surface area contributed by atoms with Crippen molar-refractivity contribution in [1.82, 2.24) is 10.2 Å². The molecule has 1 aliphatic heterocycles. The first-order valence-electron chi connectivity index (χ1n) is 15.6. The number of halogens is 1. The van der Waals surface area contributed by atoms with Gasteiger partial charge in [-0.3, -0.25) is 14.5 Å². The van der Waals surface area contributed by atoms with E-state index in [-0.39, 0.29) is 72.8 Å². The van der Waals surface area contributed by atoms with E-state index in [0.717, 1.165) is 11.0 Å². The van der Waals surface area contributed by atoms with E-state index in [0.29, 0.717) is 0 Å². The van der Waals surface area contributed by atoms with Crippen LogP contribution in [0.4, 0.5) is 9.18 Å². The molecule has 274 valence electrons. The second-order valence-corrected chi connectivity index (χ2v) is 11.0. The standard InChI is InChI=1S/C35H39FN2O13/c1-44-18-49-25-17-22(46-3)16-24(36)28(25)30(39)23-12-9-13-38(35(42)43)33(51-34(41)20-10-7-6-8-11-20)29(23)37-32(40)21-14-26(47-4)31(50-19-45-2)27(15-21)48-5/h6-8,10-11,14-17,23,29,33H,9,12-13,18-19H2,1-5H3,(H,37,40)(H,42,43). The van der Waals surface area contributed by atoms with Gasteiger partial charge in [-0.1, -0.05) is 18.2 Å². The number of carbonyl (C=O) groups excluding carboxylic acids is 3. The van der Waals surface area contributed by atoms with Crippen molar-refractivity contribution in [2.45, 2.75) is 25.1 Å². The molecule has 0 spiro atoms. The van der Waals surface area contributed by atoms with Crippen LogP contribution >= 0.6 is 0 Å². The summed E-state index contributed by atoms with van der Waals surface area (Å²) in [4.78, 5) is 55.5. The Kier molecular flexibility index (Phi) is 13.4. The molecule has 3 atom stereocenters. The summed E-state index contributed by atoms with van der Waals surface area (Å²) in [6.07, 6.45) is -3.23. The predicted octanol–water partition coefficient (Wildman–Crippen LogP) is 4.37. The molecule has 2 N–H and O–H groups in total. The van der Waals surface area contributed by atoms with Gasteiger partial charge in [0, 0.05) is 44.4 Å². The van der Waals surface area contributed by atoms with Crippen molar-refractivity contribution in [2.75, 3.05) is 55.7 Å². The topological polar surface area (TPSA) is 178 Å². The SMILES string of the molecule is COCOc1cc(OC)cc(F)c1C(=O)C1CCCN(C(=O)O)C(OC(=O)c2ccccc2)C1NC(=O)c1cc(OC)c(OCOC)c(OC)c1. The maximum absolute atomic E-state index is 15.8. The van der Waals surface area contributed by atoms with Gasteiger partial charge >= 0.3 is 12.1 Å². The smallest absolute Gasteiger partial charge is 0.410 e. The monoisotopic (exact) mass is 714 g/mol. The van der Waals surface area contributed by atoms with Crippen LogP contribution in [0.3, 0.4) is 0 Å². The summed E-state index contributed by atoms with van der Waals surface area (Å²) in [5, 5.41) is 13.0. The summed E-state index contributed by atoms with van der Waals surface area (Å²) in [7, 11) is 6.73. The van der Waals surface area contributed by atoms with Crippen molar-refractivity contribution in [2.24, 2.45) is 5.92 Å². The Morgan fingerprint density at radius 3 is 2.08 bits per heavy atom. The number of hydrogen-bond donors (Lipinski definition) is 2. The fourth-order valence-electron chi connectivity index (χ4n) is 5.58. The number of Topliss-reactive ketones (excluding diaryl/α,β-unsaturated/α-hetero) is 1. The second-order valence-electron chi connectivity index (χ2n) is 11.0. The molecule has 16 heteroatoms. The highest BCUT2D eigenvalue weighted by Crippen LogP contribution is 2.39. The first kappa shape index (κ1) is 38.2. The highest BCUT2D eigenvalue weighted by Gasteiger charge is 2.46. The van der Waals surface area contributed by atoms with E-state index >= 15 is 4.39 Å². The van der Waals surface area contributed by atoms with E-state index in [2.05, 4.69) is 5.32 Å². The van der Waals surface area contributed by atoms with Crippen LogP contribution in [0.5, 0.6) is 28.7 Å². The average molecular weight is 715 g/mol. The summed E-state index contributed by atoms with van der Waals surface area (Å²) in [5.41, 5.74) is -0.478. The Bertz CT molecular complexity index is 1680. The van der Waals surface area contributed by atoms with Crippen molar-refractivity contribution in [3.8, 4) is 28.7 Å². The van der Waals surface area contributed by atoms with Crippen molar-refractivity contribution in [3.05, 3.63) is 77.1 Å². The first-order valence-corrected chi connectivity index (χ1v) is 15.6. The van der Waals surface area contributed by atoms with Gasteiger partial charge in [0.15, 0.2) is 30.9 Å². The van der Waals surface area contributed by atoms with Crippen molar-refractivity contribution >= 4 is 23.8 Å². The predicted molar refractivity (Wildman–Crippen MR) is 176 cm³/mol. The van der Waals surface area contributed by atoms with E-state index in [4.69, 9.17) is 37.9 Å². The van der Waals surface area contributed by atoms with Gasteiger partial charge in [-0.05, 0) is 37.1 Å². The molecule has 1 heterocycles. The Balaban J connectivity index is 1.86. The van der Waals surface area contributed by atoms with Crippen LogP contribution in [-0.2, 0) is 14.2 Å². The number of methoxy groups -OCH3 is 5. The van der Waals surface area contributed by atoms with E-state index in [9.17, 15) is 24.3 Å². The third-order valence-electron chi connectivity index (χ3n) is 7.97. The zero-order valence-corrected chi connectivity index (χ0v) is 28.6. The molecule has 51 heavy (non-hydrogen) atoms. The van der Waals surface area contributed by atoms with Gasteiger partial charge < -0.3 is 48.3 Å². The Hall–Kier alpha value is -5.61. The van der Waals surface area contributed by atoms with Crippen LogP contribution in [0.1, 0.15) is 43.9 Å². The largest absolute Gasteiger partial charge is 0.497 e. The Morgan fingerprint density at radius 1 is 0.843 bits per heavy atom. The van der Waals surface area contributed by atoms with E-state index in [1.165, 1.54) is 65.9 Å². The molecule has 3 unspecified atom stereocenters. The Labute approximate surface area is 293 Å². The number of nitrogens with one attached hydrogen (secondary N) is 1. The number of esters is 1. The van der Waals surface area contributed by atoms with Gasteiger partial charge in [-0.2, -0.15) is 0 Å². The number of nitrogens with zero attached hydrogens (tertiary/aromatic N) is 1. The van der Waals surface area contributed by atoms with Crippen LogP contribution in [0.2, 0.25) is 0 Å². The minimum atomic E-state index is -1.76. The number of ketones is 1. The van der Waals surface area contributed by atoms with Crippen molar-refractivity contribution in [1.29, 1.82) is 0 Å². The first-order chi connectivity index (χ1) is 24.6. The molecule has 15 nitrogen and oxygen atoms in total. The van der Waals surface area contributed by atoms with Crippen LogP contribution in [0.15, 0.2) is 54.6 Å². The maximum atomic E-state index is 15.8. The number of carboxylic acid groups (broad SMARTS) is 1. The number of rotatable bonds is 15. The second kappa shape index (κ2) is 17.9. The normalized spacial score (nSPS) is 17.1. The van der Waals surface area contributed by atoms with Crippen LogP contribution in [0, 0.1) is 11.7 Å². The van der Waals surface area contributed by atoms with Gasteiger partial charge in [0.05, 0.1) is 38.5 Å². The molecule has 1 aliphatic rings. The third kappa shape index (κ3) is 8.95. The number of carbonyl (C=O) groups is 4. The molecule has 1 saturated heterocycles. The van der Waals surface area contributed by atoms with Crippen LogP contribution in [0.25, 0.3) is 0 Å². The lowest BCUT2D eigenvalue weighted by molar-refractivity contribution is -0.0416. The minimum absolute atomic E-state index is 0.0495. The van der Waals surface area contributed by atoms with Gasteiger partial charge in [0.1, 0.15) is 17.3 Å². The fourth-order valence-corrected chi connectivity index (χ4v) is 5.58. The highest BCUT2D eigenvalue weighted by atomic mass is 19.1. The average Bonchev–Trinajstić information content (AvgIpc) is 3.31. The fraction of sp³-hybridized carbons (Fsp3) is 0.371. The highest BCUT2D eigenvalue weighted by molar-refractivity contribution is 6.02. The molecule has 0 saturated carbocycles. The molecule has 0 bridgehead atoms. The van der Waals surface area contributed by atoms with Crippen LogP contribution < -0.4 is 29.0 Å². The quantitative estimate of drug-likeness (QED) is 0.129. The Morgan fingerprint density at radius 2 is 1.49 bits per heavy atom. The van der Waals surface area contributed by atoms with Crippen molar-refractivity contribution < 1.29 is 66.6 Å². The number of benzene rings is 3. The molecular formula is C35H39FN2O13. The molecule has 4 rings (SSSR count). The summed E-state index contributed by atoms with van der Waals surface area (Å²) < 4.78 is 58.6. The molecule has 0 aromatic heterocycles. The van der Waals surface area contributed by atoms with Gasteiger partial charge in [-0.25, -0.2) is 14.0 Å². The van der Waals surface area contributed by atoms with E-state index < -0.39 is 53.3 Å². The summed E-state index contributed by atoms with van der Waals surface area (Å²) in [5.74, 6) is -4.86. The molecule has 3 aromatic carbocycles.